The minimum absolute atomic E-state index is 0.185. The van der Waals surface area contributed by atoms with E-state index in [1.54, 1.807) is 36.6 Å². The number of aromatic nitrogens is 1. The molecule has 0 bridgehead atoms. The third kappa shape index (κ3) is 5.12. The Hall–Kier alpha value is -3.91. The number of anilines is 1. The normalized spacial score (nSPS) is 10.7. The summed E-state index contributed by atoms with van der Waals surface area (Å²) in [5.41, 5.74) is 3.11. The van der Waals surface area contributed by atoms with Gasteiger partial charge in [-0.05, 0) is 66.5 Å². The lowest BCUT2D eigenvalue weighted by atomic mass is 10.1. The van der Waals surface area contributed by atoms with Gasteiger partial charge in [0.2, 0.25) is 0 Å². The third-order valence-electron chi connectivity index (χ3n) is 5.23. The number of pyridine rings is 1. The minimum Gasteiger partial charge on any atom is -0.467 e. The average molecular weight is 462 g/mol. The zero-order chi connectivity index (χ0) is 23.4. The Balaban J connectivity index is 1.65. The number of H-pyrrole nitrogens is 1. The van der Waals surface area contributed by atoms with Crippen molar-refractivity contribution in [2.75, 3.05) is 12.4 Å². The van der Waals surface area contributed by atoms with Gasteiger partial charge in [0.05, 0.1) is 37.7 Å². The molecule has 0 unspecified atom stereocenters. The SMILES string of the molecule is COC(=O)c1ccccc1NC(=S)N(Cc1ccco1)Cc1cc2ccc(C)cc2[nH]c1=O. The highest BCUT2D eigenvalue weighted by molar-refractivity contribution is 7.80. The van der Waals surface area contributed by atoms with Crippen LogP contribution in [0.4, 0.5) is 5.69 Å². The number of carbonyl (C=O) groups excluding carboxylic acids is 1. The number of hydrogen-bond donors (Lipinski definition) is 2. The molecule has 2 aromatic carbocycles. The van der Waals surface area contributed by atoms with Gasteiger partial charge in [-0.2, -0.15) is 0 Å². The van der Waals surface area contributed by atoms with Crippen molar-refractivity contribution in [2.24, 2.45) is 0 Å². The number of methoxy groups -OCH3 is 1. The van der Waals surface area contributed by atoms with Crippen LogP contribution >= 0.6 is 12.2 Å². The molecule has 4 rings (SSSR count). The fourth-order valence-corrected chi connectivity index (χ4v) is 3.79. The van der Waals surface area contributed by atoms with Crippen LogP contribution in [0.25, 0.3) is 10.9 Å². The number of nitrogens with zero attached hydrogens (tertiary/aromatic N) is 1. The van der Waals surface area contributed by atoms with Gasteiger partial charge in [-0.1, -0.05) is 24.3 Å². The first-order valence-electron chi connectivity index (χ1n) is 10.3. The molecule has 7 nitrogen and oxygen atoms in total. The summed E-state index contributed by atoms with van der Waals surface area (Å²) in [6, 6.07) is 18.4. The zero-order valence-corrected chi connectivity index (χ0v) is 19.1. The number of furan rings is 1. The summed E-state index contributed by atoms with van der Waals surface area (Å²) < 4.78 is 10.4. The molecule has 2 N–H and O–H groups in total. The van der Waals surface area contributed by atoms with Gasteiger partial charge >= 0.3 is 5.97 Å². The van der Waals surface area contributed by atoms with Crippen molar-refractivity contribution in [3.05, 3.63) is 99.7 Å². The van der Waals surface area contributed by atoms with Crippen molar-refractivity contribution in [3.63, 3.8) is 0 Å². The number of rotatable bonds is 6. The maximum Gasteiger partial charge on any atom is 0.339 e. The summed E-state index contributed by atoms with van der Waals surface area (Å²) >= 11 is 5.68. The Morgan fingerprint density at radius 3 is 2.70 bits per heavy atom. The fourth-order valence-electron chi connectivity index (χ4n) is 3.55. The fraction of sp³-hybridized carbons (Fsp3) is 0.160. The summed E-state index contributed by atoms with van der Waals surface area (Å²) in [5.74, 6) is 0.216. The average Bonchev–Trinajstić information content (AvgIpc) is 3.32. The molecule has 0 radical (unpaired) electrons. The lowest BCUT2D eigenvalue weighted by Crippen LogP contribution is -2.35. The number of aromatic amines is 1. The van der Waals surface area contributed by atoms with Gasteiger partial charge in [-0.25, -0.2) is 4.79 Å². The van der Waals surface area contributed by atoms with Crippen LogP contribution in [0.3, 0.4) is 0 Å². The van der Waals surface area contributed by atoms with Crippen LogP contribution < -0.4 is 10.9 Å². The highest BCUT2D eigenvalue weighted by Gasteiger charge is 2.18. The van der Waals surface area contributed by atoms with Gasteiger partial charge in [0.25, 0.3) is 5.56 Å². The van der Waals surface area contributed by atoms with Crippen molar-refractivity contribution in [2.45, 2.75) is 20.0 Å². The Morgan fingerprint density at radius 1 is 1.12 bits per heavy atom. The van der Waals surface area contributed by atoms with Crippen LogP contribution in [-0.2, 0) is 17.8 Å². The maximum atomic E-state index is 12.8. The molecule has 0 aliphatic carbocycles. The topological polar surface area (TPSA) is 87.6 Å². The highest BCUT2D eigenvalue weighted by Crippen LogP contribution is 2.19. The molecule has 0 fully saturated rings. The summed E-state index contributed by atoms with van der Waals surface area (Å²) in [6.07, 6.45) is 1.59. The molecule has 33 heavy (non-hydrogen) atoms. The molecular weight excluding hydrogens is 438 g/mol. The third-order valence-corrected chi connectivity index (χ3v) is 5.59. The van der Waals surface area contributed by atoms with E-state index < -0.39 is 5.97 Å². The van der Waals surface area contributed by atoms with Gasteiger partial charge in [-0.3, -0.25) is 4.79 Å². The van der Waals surface area contributed by atoms with Crippen molar-refractivity contribution >= 4 is 39.9 Å². The standard InChI is InChI=1S/C25H23N3O4S/c1-16-9-10-17-13-18(23(29)26-22(17)12-16)14-28(15-19-6-5-11-32-19)25(33)27-21-8-4-3-7-20(21)24(30)31-2/h3-13H,14-15H2,1-2H3,(H,26,29)(H,27,33). The number of thiocarbonyl (C=S) groups is 1. The van der Waals surface area contributed by atoms with E-state index in [2.05, 4.69) is 10.3 Å². The van der Waals surface area contributed by atoms with Gasteiger partial charge in [0.1, 0.15) is 5.76 Å². The number of benzene rings is 2. The smallest absolute Gasteiger partial charge is 0.339 e. The number of para-hydroxylation sites is 1. The summed E-state index contributed by atoms with van der Waals surface area (Å²) in [6.45, 7) is 2.56. The largest absolute Gasteiger partial charge is 0.467 e. The molecule has 2 aromatic heterocycles. The maximum absolute atomic E-state index is 12.8. The second-order valence-electron chi connectivity index (χ2n) is 7.62. The molecule has 0 aliphatic heterocycles. The molecule has 0 saturated carbocycles. The number of nitrogens with one attached hydrogen (secondary N) is 2. The van der Waals surface area contributed by atoms with Crippen LogP contribution in [0.1, 0.15) is 27.2 Å². The first-order chi connectivity index (χ1) is 15.9. The Bertz CT molecular complexity index is 1360. The molecule has 0 amide bonds. The summed E-state index contributed by atoms with van der Waals surface area (Å²) in [4.78, 5) is 29.7. The van der Waals surface area contributed by atoms with Gasteiger partial charge in [-0.15, -0.1) is 0 Å². The molecule has 0 aliphatic rings. The van der Waals surface area contributed by atoms with E-state index in [1.807, 2.05) is 42.2 Å². The predicted molar refractivity (Wildman–Crippen MR) is 131 cm³/mol. The van der Waals surface area contributed by atoms with E-state index in [1.165, 1.54) is 7.11 Å². The minimum atomic E-state index is -0.472. The summed E-state index contributed by atoms with van der Waals surface area (Å²) in [5, 5.41) is 4.40. The molecule has 0 saturated heterocycles. The Kier molecular flexibility index (Phi) is 6.55. The molecular formula is C25H23N3O4S. The van der Waals surface area contributed by atoms with Gasteiger partial charge in [0, 0.05) is 11.1 Å². The number of aryl methyl sites for hydroxylation is 1. The van der Waals surface area contributed by atoms with Crippen molar-refractivity contribution < 1.29 is 13.9 Å². The van der Waals surface area contributed by atoms with Gasteiger partial charge < -0.3 is 24.4 Å². The molecule has 2 heterocycles. The number of esters is 1. The lowest BCUT2D eigenvalue weighted by Gasteiger charge is -2.25. The molecule has 4 aromatic rings. The number of fused-ring (bicyclic) bond motifs is 1. The van der Waals surface area contributed by atoms with E-state index in [-0.39, 0.29) is 12.1 Å². The molecule has 8 heteroatoms. The second-order valence-corrected chi connectivity index (χ2v) is 8.00. The Labute approximate surface area is 196 Å². The van der Waals surface area contributed by atoms with E-state index >= 15 is 0 Å². The van der Waals surface area contributed by atoms with Crippen LogP contribution in [0.5, 0.6) is 0 Å². The first-order valence-corrected chi connectivity index (χ1v) is 10.7. The van der Waals surface area contributed by atoms with Crippen LogP contribution in [-0.4, -0.2) is 28.1 Å². The second kappa shape index (κ2) is 9.70. The first kappa shape index (κ1) is 22.3. The number of ether oxygens (including phenoxy) is 1. The van der Waals surface area contributed by atoms with Crippen molar-refractivity contribution in [3.8, 4) is 0 Å². The monoisotopic (exact) mass is 461 g/mol. The van der Waals surface area contributed by atoms with E-state index in [9.17, 15) is 9.59 Å². The molecule has 0 spiro atoms. The van der Waals surface area contributed by atoms with Gasteiger partial charge in [0.15, 0.2) is 5.11 Å². The molecule has 0 atom stereocenters. The summed E-state index contributed by atoms with van der Waals surface area (Å²) in [7, 11) is 1.33. The highest BCUT2D eigenvalue weighted by atomic mass is 32.1. The Morgan fingerprint density at radius 2 is 1.94 bits per heavy atom. The van der Waals surface area contributed by atoms with Crippen LogP contribution in [0.15, 0.2) is 76.1 Å². The van der Waals surface area contributed by atoms with Crippen LogP contribution in [0, 0.1) is 6.92 Å². The van der Waals surface area contributed by atoms with Crippen LogP contribution in [0.2, 0.25) is 0 Å². The number of carbonyl (C=O) groups is 1. The lowest BCUT2D eigenvalue weighted by molar-refractivity contribution is 0.0602. The van der Waals surface area contributed by atoms with E-state index in [0.29, 0.717) is 34.2 Å². The van der Waals surface area contributed by atoms with E-state index in [0.717, 1.165) is 16.5 Å². The van der Waals surface area contributed by atoms with Crippen molar-refractivity contribution in [1.29, 1.82) is 0 Å². The zero-order valence-electron chi connectivity index (χ0n) is 18.3. The molecule has 168 valence electrons. The van der Waals surface area contributed by atoms with Crippen molar-refractivity contribution in [1.82, 2.24) is 9.88 Å². The quantitative estimate of drug-likeness (QED) is 0.320. The predicted octanol–water partition coefficient (Wildman–Crippen LogP) is 4.62. The number of hydrogen-bond acceptors (Lipinski definition) is 5. The van der Waals surface area contributed by atoms with E-state index in [4.69, 9.17) is 21.4 Å².